The Morgan fingerprint density at radius 1 is 1.22 bits per heavy atom. The lowest BCUT2D eigenvalue weighted by Gasteiger charge is -2.23. The molecular formula is C17H21N3O3. The molecule has 3 atom stereocenters. The molecule has 3 rings (SSSR count). The van der Waals surface area contributed by atoms with E-state index < -0.39 is 12.0 Å². The first-order valence-corrected chi connectivity index (χ1v) is 7.64. The monoisotopic (exact) mass is 315 g/mol. The van der Waals surface area contributed by atoms with E-state index in [4.69, 9.17) is 4.52 Å². The number of aromatic nitrogens is 2. The molecule has 1 N–H and O–H groups in total. The van der Waals surface area contributed by atoms with Gasteiger partial charge in [-0.2, -0.15) is 4.98 Å². The molecule has 1 amide bonds. The smallest absolute Gasteiger partial charge is 0.252 e. The quantitative estimate of drug-likeness (QED) is 0.917. The van der Waals surface area contributed by atoms with E-state index in [0.717, 1.165) is 5.56 Å². The Kier molecular flexibility index (Phi) is 3.72. The summed E-state index contributed by atoms with van der Waals surface area (Å²) < 4.78 is 5.39. The van der Waals surface area contributed by atoms with Crippen molar-refractivity contribution < 1.29 is 14.4 Å². The Morgan fingerprint density at radius 2 is 1.87 bits per heavy atom. The topological polar surface area (TPSA) is 79.5 Å². The molecule has 0 radical (unpaired) electrons. The highest BCUT2D eigenvalue weighted by Crippen LogP contribution is 2.43. The first-order chi connectivity index (χ1) is 10.8. The van der Waals surface area contributed by atoms with Crippen molar-refractivity contribution in [3.8, 4) is 0 Å². The molecule has 2 aromatic rings. The molecule has 6 heteroatoms. The zero-order chi connectivity index (χ0) is 16.8. The van der Waals surface area contributed by atoms with Crippen molar-refractivity contribution in [2.75, 3.05) is 7.05 Å². The molecule has 1 aromatic carbocycles. The number of benzene rings is 1. The van der Waals surface area contributed by atoms with Gasteiger partial charge in [0.2, 0.25) is 5.89 Å². The number of hydrogen-bond donors (Lipinski definition) is 1. The van der Waals surface area contributed by atoms with E-state index in [1.54, 1.807) is 11.9 Å². The maximum absolute atomic E-state index is 12.3. The summed E-state index contributed by atoms with van der Waals surface area (Å²) >= 11 is 0. The number of nitrogens with zero attached hydrogens (tertiary/aromatic N) is 3. The van der Waals surface area contributed by atoms with Crippen LogP contribution in [0.1, 0.15) is 50.0 Å². The SMILES string of the molecule is CN1C(=O)[C@H](O)[C@H](c2nc(C(C)(C)C)no2)[C@H]1c1ccccc1. The van der Waals surface area contributed by atoms with Crippen LogP contribution in [0.4, 0.5) is 0 Å². The third-order valence-electron chi connectivity index (χ3n) is 4.24. The molecule has 1 aromatic heterocycles. The zero-order valence-corrected chi connectivity index (χ0v) is 13.7. The average Bonchev–Trinajstić information content (AvgIpc) is 3.07. The van der Waals surface area contributed by atoms with Crippen LogP contribution in [0.15, 0.2) is 34.9 Å². The van der Waals surface area contributed by atoms with Gasteiger partial charge in [-0.25, -0.2) is 0 Å². The van der Waals surface area contributed by atoms with Crippen LogP contribution in [0, 0.1) is 0 Å². The van der Waals surface area contributed by atoms with Gasteiger partial charge in [0.15, 0.2) is 5.82 Å². The van der Waals surface area contributed by atoms with E-state index in [-0.39, 0.29) is 17.4 Å². The molecule has 1 fully saturated rings. The Balaban J connectivity index is 2.04. The second-order valence-corrected chi connectivity index (χ2v) is 6.98. The minimum absolute atomic E-state index is 0.260. The summed E-state index contributed by atoms with van der Waals surface area (Å²) in [5, 5.41) is 14.4. The number of likely N-dealkylation sites (tertiary alicyclic amines) is 1. The molecule has 1 aliphatic rings. The highest BCUT2D eigenvalue weighted by molar-refractivity contribution is 5.85. The fourth-order valence-electron chi connectivity index (χ4n) is 2.94. The van der Waals surface area contributed by atoms with Crippen LogP contribution in [0.5, 0.6) is 0 Å². The minimum atomic E-state index is -1.18. The van der Waals surface area contributed by atoms with E-state index in [1.807, 2.05) is 51.1 Å². The van der Waals surface area contributed by atoms with Crippen LogP contribution >= 0.6 is 0 Å². The predicted molar refractivity (Wildman–Crippen MR) is 83.7 cm³/mol. The van der Waals surface area contributed by atoms with Crippen molar-refractivity contribution in [3.05, 3.63) is 47.6 Å². The lowest BCUT2D eigenvalue weighted by atomic mass is 9.91. The van der Waals surface area contributed by atoms with Gasteiger partial charge < -0.3 is 14.5 Å². The van der Waals surface area contributed by atoms with Gasteiger partial charge in [0.25, 0.3) is 5.91 Å². The molecule has 122 valence electrons. The molecule has 0 bridgehead atoms. The van der Waals surface area contributed by atoms with Gasteiger partial charge in [-0.05, 0) is 5.56 Å². The van der Waals surface area contributed by atoms with Crippen LogP contribution in [-0.4, -0.2) is 39.2 Å². The number of aliphatic hydroxyl groups is 1. The summed E-state index contributed by atoms with van der Waals surface area (Å²) in [7, 11) is 1.68. The van der Waals surface area contributed by atoms with Crippen molar-refractivity contribution in [3.63, 3.8) is 0 Å². The molecule has 1 saturated heterocycles. The molecule has 0 saturated carbocycles. The first-order valence-electron chi connectivity index (χ1n) is 7.64. The summed E-state index contributed by atoms with van der Waals surface area (Å²) in [6, 6.07) is 9.26. The van der Waals surface area contributed by atoms with Gasteiger partial charge in [0.05, 0.1) is 12.0 Å². The summed E-state index contributed by atoms with van der Waals surface area (Å²) in [5.74, 6) is -0.0413. The highest BCUT2D eigenvalue weighted by atomic mass is 16.5. The van der Waals surface area contributed by atoms with Gasteiger partial charge in [-0.15, -0.1) is 0 Å². The second kappa shape index (κ2) is 5.45. The third-order valence-corrected chi connectivity index (χ3v) is 4.24. The molecule has 1 aliphatic heterocycles. The lowest BCUT2D eigenvalue weighted by molar-refractivity contribution is -0.134. The summed E-state index contributed by atoms with van der Waals surface area (Å²) in [6.45, 7) is 5.95. The number of amides is 1. The van der Waals surface area contributed by atoms with E-state index in [9.17, 15) is 9.90 Å². The average molecular weight is 315 g/mol. The predicted octanol–water partition coefficient (Wildman–Crippen LogP) is 2.02. The third kappa shape index (κ3) is 2.63. The number of likely N-dealkylation sites (N-methyl/N-ethyl adjacent to an activating group) is 1. The fourth-order valence-corrected chi connectivity index (χ4v) is 2.94. The van der Waals surface area contributed by atoms with Gasteiger partial charge in [-0.1, -0.05) is 56.3 Å². The highest BCUT2D eigenvalue weighted by Gasteiger charge is 2.50. The summed E-state index contributed by atoms with van der Waals surface area (Å²) in [6.07, 6.45) is -1.18. The Bertz CT molecular complexity index is 705. The molecule has 23 heavy (non-hydrogen) atoms. The number of carbonyl (C=O) groups is 1. The summed E-state index contributed by atoms with van der Waals surface area (Å²) in [5.41, 5.74) is 0.670. The number of rotatable bonds is 2. The molecular weight excluding hydrogens is 294 g/mol. The van der Waals surface area contributed by atoms with Gasteiger partial charge >= 0.3 is 0 Å². The molecule has 6 nitrogen and oxygen atoms in total. The first kappa shape index (κ1) is 15.7. The van der Waals surface area contributed by atoms with Crippen molar-refractivity contribution >= 4 is 5.91 Å². The standard InChI is InChI=1S/C17H21N3O3/c1-17(2,3)16-18-14(23-19-16)11-12(10-8-6-5-7-9-10)20(4)15(22)13(11)21/h5-9,11-13,21H,1-4H3/t11-,12-,13-/m1/s1. The largest absolute Gasteiger partial charge is 0.382 e. The number of aliphatic hydroxyl groups excluding tert-OH is 1. The molecule has 2 heterocycles. The van der Waals surface area contributed by atoms with Gasteiger partial charge in [0, 0.05) is 12.5 Å². The minimum Gasteiger partial charge on any atom is -0.382 e. The Hall–Kier alpha value is -2.21. The summed E-state index contributed by atoms with van der Waals surface area (Å²) in [4.78, 5) is 18.3. The Morgan fingerprint density at radius 3 is 2.43 bits per heavy atom. The van der Waals surface area contributed by atoms with E-state index in [1.165, 1.54) is 0 Å². The van der Waals surface area contributed by atoms with Crippen molar-refractivity contribution in [1.82, 2.24) is 15.0 Å². The normalized spacial score (nSPS) is 25.2. The fraction of sp³-hybridized carbons (Fsp3) is 0.471. The van der Waals surface area contributed by atoms with Crippen LogP contribution in [0.25, 0.3) is 0 Å². The van der Waals surface area contributed by atoms with Crippen molar-refractivity contribution in [2.45, 2.75) is 44.2 Å². The van der Waals surface area contributed by atoms with E-state index in [2.05, 4.69) is 10.1 Å². The van der Waals surface area contributed by atoms with Gasteiger partial charge in [-0.3, -0.25) is 4.79 Å². The number of hydrogen-bond acceptors (Lipinski definition) is 5. The van der Waals surface area contributed by atoms with Gasteiger partial charge in [0.1, 0.15) is 6.10 Å². The van der Waals surface area contributed by atoms with E-state index >= 15 is 0 Å². The molecule has 0 unspecified atom stereocenters. The van der Waals surface area contributed by atoms with E-state index in [0.29, 0.717) is 11.7 Å². The lowest BCUT2D eigenvalue weighted by Crippen LogP contribution is -2.26. The van der Waals surface area contributed by atoms with Crippen LogP contribution in [-0.2, 0) is 10.2 Å². The van der Waals surface area contributed by atoms with Crippen molar-refractivity contribution in [1.29, 1.82) is 0 Å². The maximum Gasteiger partial charge on any atom is 0.252 e. The molecule has 0 aliphatic carbocycles. The van der Waals surface area contributed by atoms with Crippen LogP contribution in [0.2, 0.25) is 0 Å². The number of carbonyl (C=O) groups excluding carboxylic acids is 1. The second-order valence-electron chi connectivity index (χ2n) is 6.98. The van der Waals surface area contributed by atoms with Crippen LogP contribution < -0.4 is 0 Å². The zero-order valence-electron chi connectivity index (χ0n) is 13.7. The maximum atomic E-state index is 12.3. The Labute approximate surface area is 135 Å². The van der Waals surface area contributed by atoms with Crippen molar-refractivity contribution in [2.24, 2.45) is 0 Å². The molecule has 0 spiro atoms. The van der Waals surface area contributed by atoms with Crippen LogP contribution in [0.3, 0.4) is 0 Å².